The summed E-state index contributed by atoms with van der Waals surface area (Å²) < 4.78 is 41.7. The van der Waals surface area contributed by atoms with Gasteiger partial charge in [0.25, 0.3) is 12.3 Å². The SMILES string of the molecule is CC1Cc2nn3c(c2C(=O)N1C(=O)Nc1ccnc(Br)c1F)CN(CC(F)F)CCC3. The maximum Gasteiger partial charge on any atom is 0.329 e. The second-order valence-corrected chi connectivity index (χ2v) is 8.34. The molecule has 2 aromatic rings. The minimum absolute atomic E-state index is 0.0633. The minimum Gasteiger partial charge on any atom is -0.305 e. The summed E-state index contributed by atoms with van der Waals surface area (Å²) in [5, 5.41) is 6.93. The van der Waals surface area contributed by atoms with Crippen molar-refractivity contribution >= 4 is 33.6 Å². The molecule has 166 valence electrons. The van der Waals surface area contributed by atoms with Crippen LogP contribution in [-0.4, -0.2) is 62.1 Å². The number of nitrogens with one attached hydrogen (secondary N) is 1. The monoisotopic (exact) mass is 500 g/mol. The fourth-order valence-corrected chi connectivity index (χ4v) is 4.38. The number of nitrogens with zero attached hydrogens (tertiary/aromatic N) is 5. The van der Waals surface area contributed by atoms with Crippen molar-refractivity contribution in [3.05, 3.63) is 39.6 Å². The molecule has 1 N–H and O–H groups in total. The Bertz CT molecular complexity index is 1030. The lowest BCUT2D eigenvalue weighted by Gasteiger charge is -2.31. The molecule has 0 aromatic carbocycles. The lowest BCUT2D eigenvalue weighted by Crippen LogP contribution is -2.50. The van der Waals surface area contributed by atoms with E-state index in [0.29, 0.717) is 37.3 Å². The van der Waals surface area contributed by atoms with Crippen LogP contribution in [0, 0.1) is 5.82 Å². The number of rotatable bonds is 3. The summed E-state index contributed by atoms with van der Waals surface area (Å²) >= 11 is 2.96. The Kier molecular flexibility index (Phi) is 6.02. The second kappa shape index (κ2) is 8.58. The predicted molar refractivity (Wildman–Crippen MR) is 108 cm³/mol. The second-order valence-electron chi connectivity index (χ2n) is 7.59. The zero-order valence-corrected chi connectivity index (χ0v) is 18.2. The van der Waals surface area contributed by atoms with E-state index in [9.17, 15) is 22.8 Å². The first-order chi connectivity index (χ1) is 14.8. The average molecular weight is 501 g/mol. The van der Waals surface area contributed by atoms with Gasteiger partial charge in [-0.25, -0.2) is 22.9 Å². The quantitative estimate of drug-likeness (QED) is 0.654. The number of aromatic nitrogens is 3. The van der Waals surface area contributed by atoms with Gasteiger partial charge >= 0.3 is 6.03 Å². The number of hydrogen-bond donors (Lipinski definition) is 1. The molecule has 0 fully saturated rings. The van der Waals surface area contributed by atoms with E-state index in [-0.39, 0.29) is 22.4 Å². The van der Waals surface area contributed by atoms with Crippen molar-refractivity contribution in [3.8, 4) is 0 Å². The standard InChI is InChI=1S/C19H20BrF3N6O2/c1-10-7-12-15(13-8-27(9-14(21)22)5-2-6-28(13)26-12)18(30)29(10)19(31)25-11-3-4-24-17(20)16(11)23/h3-4,10,14H,2,5-9H2,1H3,(H,24,25,31). The smallest absolute Gasteiger partial charge is 0.305 e. The summed E-state index contributed by atoms with van der Waals surface area (Å²) in [5.41, 5.74) is 1.23. The van der Waals surface area contributed by atoms with E-state index < -0.39 is 36.8 Å². The highest BCUT2D eigenvalue weighted by Crippen LogP contribution is 2.29. The molecule has 2 aromatic heterocycles. The summed E-state index contributed by atoms with van der Waals surface area (Å²) in [6.45, 7) is 2.42. The number of alkyl halides is 2. The van der Waals surface area contributed by atoms with Crippen molar-refractivity contribution in [3.63, 3.8) is 0 Å². The van der Waals surface area contributed by atoms with Crippen LogP contribution in [0.5, 0.6) is 0 Å². The topological polar surface area (TPSA) is 83.4 Å². The van der Waals surface area contributed by atoms with Gasteiger partial charge in [-0.15, -0.1) is 0 Å². The van der Waals surface area contributed by atoms with Crippen LogP contribution in [0.4, 0.5) is 23.7 Å². The van der Waals surface area contributed by atoms with Gasteiger partial charge < -0.3 is 5.32 Å². The number of urea groups is 1. The fourth-order valence-electron chi connectivity index (χ4n) is 4.05. The van der Waals surface area contributed by atoms with Crippen molar-refractivity contribution < 1.29 is 22.8 Å². The lowest BCUT2D eigenvalue weighted by atomic mass is 9.99. The predicted octanol–water partition coefficient (Wildman–Crippen LogP) is 3.27. The number of halogens is 4. The van der Waals surface area contributed by atoms with E-state index in [0.717, 1.165) is 4.90 Å². The van der Waals surface area contributed by atoms with Crippen LogP contribution in [0.2, 0.25) is 0 Å². The zero-order chi connectivity index (χ0) is 22.3. The van der Waals surface area contributed by atoms with Crippen molar-refractivity contribution in [2.24, 2.45) is 0 Å². The van der Waals surface area contributed by atoms with Crippen LogP contribution in [0.3, 0.4) is 0 Å². The highest BCUT2D eigenvalue weighted by atomic mass is 79.9. The number of hydrogen-bond acceptors (Lipinski definition) is 5. The van der Waals surface area contributed by atoms with Gasteiger partial charge in [0.2, 0.25) is 0 Å². The first-order valence-electron chi connectivity index (χ1n) is 9.79. The Balaban J connectivity index is 1.63. The molecule has 0 aliphatic carbocycles. The molecule has 1 unspecified atom stereocenters. The molecule has 4 rings (SSSR count). The van der Waals surface area contributed by atoms with Gasteiger partial charge in [-0.3, -0.25) is 19.3 Å². The zero-order valence-electron chi connectivity index (χ0n) is 16.6. The van der Waals surface area contributed by atoms with Crippen molar-refractivity contribution in [1.82, 2.24) is 24.6 Å². The summed E-state index contributed by atoms with van der Waals surface area (Å²) in [6.07, 6.45) is -0.216. The normalized spacial score (nSPS) is 19.2. The lowest BCUT2D eigenvalue weighted by molar-refractivity contribution is 0.0737. The Hall–Kier alpha value is -2.47. The molecule has 0 saturated carbocycles. The maximum absolute atomic E-state index is 14.2. The highest BCUT2D eigenvalue weighted by Gasteiger charge is 2.40. The third kappa shape index (κ3) is 4.18. The van der Waals surface area contributed by atoms with Crippen molar-refractivity contribution in [2.75, 3.05) is 18.4 Å². The molecule has 0 bridgehead atoms. The fraction of sp³-hybridized carbons (Fsp3) is 0.474. The number of fused-ring (bicyclic) bond motifs is 3. The largest absolute Gasteiger partial charge is 0.329 e. The summed E-state index contributed by atoms with van der Waals surface area (Å²) in [4.78, 5) is 32.6. The number of amides is 3. The number of aryl methyl sites for hydroxylation is 1. The maximum atomic E-state index is 14.2. The Morgan fingerprint density at radius 2 is 2.16 bits per heavy atom. The molecule has 4 heterocycles. The van der Waals surface area contributed by atoms with Crippen molar-refractivity contribution in [1.29, 1.82) is 0 Å². The van der Waals surface area contributed by atoms with E-state index in [1.807, 2.05) is 0 Å². The molecule has 2 aliphatic heterocycles. The minimum atomic E-state index is -2.49. The van der Waals surface area contributed by atoms with E-state index in [4.69, 9.17) is 0 Å². The summed E-state index contributed by atoms with van der Waals surface area (Å²) in [5.74, 6) is -1.32. The van der Waals surface area contributed by atoms with Gasteiger partial charge in [0.05, 0.1) is 29.2 Å². The van der Waals surface area contributed by atoms with Gasteiger partial charge in [-0.2, -0.15) is 5.10 Å². The van der Waals surface area contributed by atoms with Crippen LogP contribution in [0.15, 0.2) is 16.9 Å². The molecule has 12 heteroatoms. The Labute approximate surface area is 184 Å². The third-order valence-electron chi connectivity index (χ3n) is 5.41. The Morgan fingerprint density at radius 3 is 2.90 bits per heavy atom. The molecular formula is C19H20BrF3N6O2. The molecular weight excluding hydrogens is 481 g/mol. The van der Waals surface area contributed by atoms with Gasteiger partial charge in [0.1, 0.15) is 4.60 Å². The van der Waals surface area contributed by atoms with Crippen LogP contribution in [-0.2, 0) is 19.5 Å². The van der Waals surface area contributed by atoms with E-state index in [2.05, 4.69) is 31.3 Å². The van der Waals surface area contributed by atoms with Crippen LogP contribution in [0.25, 0.3) is 0 Å². The van der Waals surface area contributed by atoms with Gasteiger partial charge in [0, 0.05) is 38.3 Å². The average Bonchev–Trinajstić information content (AvgIpc) is 2.90. The Morgan fingerprint density at radius 1 is 1.39 bits per heavy atom. The third-order valence-corrected chi connectivity index (χ3v) is 5.97. The van der Waals surface area contributed by atoms with E-state index in [1.165, 1.54) is 12.3 Å². The molecule has 2 aliphatic rings. The first-order valence-corrected chi connectivity index (χ1v) is 10.6. The molecule has 31 heavy (non-hydrogen) atoms. The highest BCUT2D eigenvalue weighted by molar-refractivity contribution is 9.10. The van der Waals surface area contributed by atoms with Gasteiger partial charge in [-0.1, -0.05) is 0 Å². The molecule has 0 saturated heterocycles. The summed E-state index contributed by atoms with van der Waals surface area (Å²) in [6, 6.07) is -0.000691. The van der Waals surface area contributed by atoms with Crippen LogP contribution >= 0.6 is 15.9 Å². The molecule has 1 atom stereocenters. The van der Waals surface area contributed by atoms with Crippen LogP contribution in [0.1, 0.15) is 35.1 Å². The van der Waals surface area contributed by atoms with E-state index >= 15 is 0 Å². The van der Waals surface area contributed by atoms with E-state index in [1.54, 1.807) is 16.5 Å². The number of imide groups is 1. The summed E-state index contributed by atoms with van der Waals surface area (Å²) in [7, 11) is 0. The molecule has 3 amide bonds. The number of pyridine rings is 1. The number of anilines is 1. The molecule has 0 radical (unpaired) electrons. The first kappa shape index (κ1) is 21.8. The van der Waals surface area contributed by atoms with Crippen LogP contribution < -0.4 is 5.32 Å². The van der Waals surface area contributed by atoms with Gasteiger partial charge in [-0.05, 0) is 35.3 Å². The molecule has 8 nitrogen and oxygen atoms in total. The number of carbonyl (C=O) groups is 2. The van der Waals surface area contributed by atoms with Crippen molar-refractivity contribution in [2.45, 2.75) is 45.3 Å². The molecule has 0 spiro atoms. The van der Waals surface area contributed by atoms with Gasteiger partial charge in [0.15, 0.2) is 5.82 Å². The number of carbonyl (C=O) groups excluding carboxylic acids is 2.